The van der Waals surface area contributed by atoms with E-state index in [1.807, 2.05) is 0 Å². The zero-order valence-electron chi connectivity index (χ0n) is 15.9. The third-order valence-corrected chi connectivity index (χ3v) is 4.62. The van der Waals surface area contributed by atoms with E-state index in [1.54, 1.807) is 27.7 Å². The van der Waals surface area contributed by atoms with Crippen molar-refractivity contribution in [3.05, 3.63) is 0 Å². The molecular formula is C18H28O8. The molecule has 1 saturated carbocycles. The lowest BCUT2D eigenvalue weighted by molar-refractivity contribution is -0.187. The monoisotopic (exact) mass is 372 g/mol. The summed E-state index contributed by atoms with van der Waals surface area (Å²) in [5, 5.41) is 0. The molecule has 0 aromatic rings. The van der Waals surface area contributed by atoms with Crippen LogP contribution in [-0.2, 0) is 38.1 Å². The molecular weight excluding hydrogens is 344 g/mol. The molecule has 0 amide bonds. The lowest BCUT2D eigenvalue weighted by Crippen LogP contribution is -2.52. The second-order valence-corrected chi connectivity index (χ2v) is 6.05. The molecule has 0 aromatic heterocycles. The summed E-state index contributed by atoms with van der Waals surface area (Å²) in [6, 6.07) is 0. The summed E-state index contributed by atoms with van der Waals surface area (Å²) in [6.45, 7) is 7.01. The normalized spacial score (nSPS) is 17.7. The number of hydrogen-bond donors (Lipinski definition) is 0. The zero-order chi connectivity index (χ0) is 19.8. The summed E-state index contributed by atoms with van der Waals surface area (Å²) in [5.41, 5.74) is -3.04. The maximum atomic E-state index is 12.5. The van der Waals surface area contributed by atoms with Gasteiger partial charge in [0.2, 0.25) is 0 Å². The molecule has 0 atom stereocenters. The Labute approximate surface area is 153 Å². The summed E-state index contributed by atoms with van der Waals surface area (Å²) in [6.07, 6.45) is -0.213. The SMILES string of the molecule is CCOC(=O)C1(C(=O)OCC)CCC(C(=O)OCC)(C(=O)OCC)CC1. The Kier molecular flexibility index (Phi) is 8.05. The highest BCUT2D eigenvalue weighted by Crippen LogP contribution is 2.48. The van der Waals surface area contributed by atoms with Gasteiger partial charge in [0.05, 0.1) is 26.4 Å². The van der Waals surface area contributed by atoms with Crippen LogP contribution in [0.25, 0.3) is 0 Å². The summed E-state index contributed by atoms with van der Waals surface area (Å²) in [7, 11) is 0. The topological polar surface area (TPSA) is 105 Å². The van der Waals surface area contributed by atoms with Gasteiger partial charge in [-0.1, -0.05) is 0 Å². The number of hydrogen-bond acceptors (Lipinski definition) is 8. The van der Waals surface area contributed by atoms with Crippen LogP contribution in [0.5, 0.6) is 0 Å². The van der Waals surface area contributed by atoms with Gasteiger partial charge in [0.25, 0.3) is 0 Å². The van der Waals surface area contributed by atoms with Crippen LogP contribution in [0.1, 0.15) is 53.4 Å². The maximum Gasteiger partial charge on any atom is 0.323 e. The average molecular weight is 372 g/mol. The number of ether oxygens (including phenoxy) is 4. The second kappa shape index (κ2) is 9.54. The Morgan fingerprint density at radius 3 is 0.885 bits per heavy atom. The van der Waals surface area contributed by atoms with Gasteiger partial charge in [-0.3, -0.25) is 19.2 Å². The number of carbonyl (C=O) groups is 4. The van der Waals surface area contributed by atoms with Crippen molar-refractivity contribution >= 4 is 23.9 Å². The van der Waals surface area contributed by atoms with Gasteiger partial charge in [-0.05, 0) is 53.4 Å². The van der Waals surface area contributed by atoms with Gasteiger partial charge in [0.1, 0.15) is 0 Å². The van der Waals surface area contributed by atoms with Gasteiger partial charge >= 0.3 is 23.9 Å². The Bertz CT molecular complexity index is 443. The minimum atomic E-state index is -1.52. The van der Waals surface area contributed by atoms with Gasteiger partial charge in [-0.25, -0.2) is 0 Å². The van der Waals surface area contributed by atoms with Crippen molar-refractivity contribution in [2.45, 2.75) is 53.4 Å². The number of rotatable bonds is 8. The fourth-order valence-electron chi connectivity index (χ4n) is 3.16. The molecule has 0 saturated heterocycles. The first-order chi connectivity index (χ1) is 12.3. The number of esters is 4. The first-order valence-corrected chi connectivity index (χ1v) is 9.03. The summed E-state index contributed by atoms with van der Waals surface area (Å²) in [5.74, 6) is -2.78. The van der Waals surface area contributed by atoms with E-state index < -0.39 is 34.7 Å². The minimum absolute atomic E-state index is 0.0533. The molecule has 1 rings (SSSR count). The van der Waals surface area contributed by atoms with Crippen molar-refractivity contribution < 1.29 is 38.1 Å². The van der Waals surface area contributed by atoms with E-state index in [-0.39, 0.29) is 52.1 Å². The molecule has 0 heterocycles. The highest BCUT2D eigenvalue weighted by atomic mass is 16.6. The van der Waals surface area contributed by atoms with E-state index in [0.29, 0.717) is 0 Å². The van der Waals surface area contributed by atoms with Crippen molar-refractivity contribution in [2.75, 3.05) is 26.4 Å². The van der Waals surface area contributed by atoms with E-state index >= 15 is 0 Å². The third kappa shape index (κ3) is 4.16. The first-order valence-electron chi connectivity index (χ1n) is 9.03. The van der Waals surface area contributed by atoms with Crippen LogP contribution in [0.2, 0.25) is 0 Å². The third-order valence-electron chi connectivity index (χ3n) is 4.62. The van der Waals surface area contributed by atoms with E-state index in [4.69, 9.17) is 18.9 Å². The number of carbonyl (C=O) groups excluding carboxylic acids is 4. The molecule has 1 aliphatic rings. The fourth-order valence-corrected chi connectivity index (χ4v) is 3.16. The van der Waals surface area contributed by atoms with E-state index in [1.165, 1.54) is 0 Å². The van der Waals surface area contributed by atoms with E-state index in [2.05, 4.69) is 0 Å². The molecule has 0 aliphatic heterocycles. The summed E-state index contributed by atoms with van der Waals surface area (Å²) in [4.78, 5) is 49.9. The standard InChI is InChI=1S/C18H28O8/c1-5-23-13(19)17(14(20)24-6-2)9-11-18(12-10-17,15(21)25-7-3)16(22)26-8-4/h5-12H2,1-4H3. The molecule has 1 aliphatic carbocycles. The van der Waals surface area contributed by atoms with Crippen molar-refractivity contribution in [1.82, 2.24) is 0 Å². The molecule has 1 fully saturated rings. The Morgan fingerprint density at radius 2 is 0.731 bits per heavy atom. The Morgan fingerprint density at radius 1 is 0.538 bits per heavy atom. The molecule has 0 bridgehead atoms. The van der Waals surface area contributed by atoms with Crippen LogP contribution in [0, 0.1) is 10.8 Å². The van der Waals surface area contributed by atoms with E-state index in [9.17, 15) is 19.2 Å². The van der Waals surface area contributed by atoms with Crippen LogP contribution in [0.15, 0.2) is 0 Å². The van der Waals surface area contributed by atoms with E-state index in [0.717, 1.165) is 0 Å². The molecule has 148 valence electrons. The predicted octanol–water partition coefficient (Wildman–Crippen LogP) is 1.79. The molecule has 0 unspecified atom stereocenters. The van der Waals surface area contributed by atoms with Crippen molar-refractivity contribution in [1.29, 1.82) is 0 Å². The van der Waals surface area contributed by atoms with Gasteiger partial charge in [-0.15, -0.1) is 0 Å². The first kappa shape index (κ1) is 21.9. The lowest BCUT2D eigenvalue weighted by atomic mass is 9.63. The molecule has 0 spiro atoms. The summed E-state index contributed by atoms with van der Waals surface area (Å²) >= 11 is 0. The van der Waals surface area contributed by atoms with Gasteiger partial charge in [0, 0.05) is 0 Å². The van der Waals surface area contributed by atoms with Crippen molar-refractivity contribution in [3.8, 4) is 0 Å². The highest BCUT2D eigenvalue weighted by Gasteiger charge is 2.60. The van der Waals surface area contributed by atoms with Crippen LogP contribution in [0.4, 0.5) is 0 Å². The molecule has 8 nitrogen and oxygen atoms in total. The maximum absolute atomic E-state index is 12.5. The van der Waals surface area contributed by atoms with Crippen molar-refractivity contribution in [3.63, 3.8) is 0 Å². The molecule has 0 radical (unpaired) electrons. The van der Waals surface area contributed by atoms with Crippen LogP contribution < -0.4 is 0 Å². The van der Waals surface area contributed by atoms with Crippen LogP contribution in [0.3, 0.4) is 0 Å². The van der Waals surface area contributed by atoms with Crippen molar-refractivity contribution in [2.24, 2.45) is 10.8 Å². The Hall–Kier alpha value is -2.12. The Balaban J connectivity index is 3.17. The smallest absolute Gasteiger partial charge is 0.323 e. The molecule has 8 heteroatoms. The quantitative estimate of drug-likeness (QED) is 0.361. The molecule has 0 N–H and O–H groups in total. The van der Waals surface area contributed by atoms with Gasteiger partial charge < -0.3 is 18.9 Å². The zero-order valence-corrected chi connectivity index (χ0v) is 15.9. The predicted molar refractivity (Wildman–Crippen MR) is 89.9 cm³/mol. The second-order valence-electron chi connectivity index (χ2n) is 6.05. The van der Waals surface area contributed by atoms with Gasteiger partial charge in [0.15, 0.2) is 10.8 Å². The summed E-state index contributed by atoms with van der Waals surface area (Å²) < 4.78 is 20.3. The van der Waals surface area contributed by atoms with Crippen LogP contribution >= 0.6 is 0 Å². The van der Waals surface area contributed by atoms with Gasteiger partial charge in [-0.2, -0.15) is 0 Å². The minimum Gasteiger partial charge on any atom is -0.465 e. The highest BCUT2D eigenvalue weighted by molar-refractivity contribution is 6.03. The average Bonchev–Trinajstić information content (AvgIpc) is 2.62. The molecule has 0 aromatic carbocycles. The van der Waals surface area contributed by atoms with Crippen LogP contribution in [-0.4, -0.2) is 50.3 Å². The lowest BCUT2D eigenvalue weighted by Gasteiger charge is -2.40. The largest absolute Gasteiger partial charge is 0.465 e. The molecule has 26 heavy (non-hydrogen) atoms. The fraction of sp³-hybridized carbons (Fsp3) is 0.778.